The maximum atomic E-state index is 9.79. The largest absolute Gasteiger partial charge is 0.393 e. The molecule has 19 heavy (non-hydrogen) atoms. The van der Waals surface area contributed by atoms with E-state index < -0.39 is 0 Å². The van der Waals surface area contributed by atoms with Gasteiger partial charge < -0.3 is 5.11 Å². The molecule has 0 aliphatic heterocycles. The van der Waals surface area contributed by atoms with E-state index in [0.717, 1.165) is 25.7 Å². The molecule has 0 saturated carbocycles. The highest BCUT2D eigenvalue weighted by atomic mass is 16.3. The molecule has 1 N–H and O–H groups in total. The Kier molecular flexibility index (Phi) is 15.0. The maximum Gasteiger partial charge on any atom is 0.0574 e. The van der Waals surface area contributed by atoms with Gasteiger partial charge in [0.1, 0.15) is 0 Å². The van der Waals surface area contributed by atoms with E-state index in [1.807, 2.05) is 6.08 Å². The van der Waals surface area contributed by atoms with E-state index >= 15 is 0 Å². The molecule has 0 aliphatic carbocycles. The Bertz CT molecular complexity index is 208. The first-order valence-corrected chi connectivity index (χ1v) is 8.25. The molecule has 0 bridgehead atoms. The molecule has 0 aromatic carbocycles. The van der Waals surface area contributed by atoms with Gasteiger partial charge in [-0.1, -0.05) is 63.7 Å². The second kappa shape index (κ2) is 15.5. The summed E-state index contributed by atoms with van der Waals surface area (Å²) in [5, 5.41) is 9.79. The van der Waals surface area contributed by atoms with Crippen molar-refractivity contribution < 1.29 is 5.11 Å². The van der Waals surface area contributed by atoms with Crippen LogP contribution in [-0.4, -0.2) is 11.2 Å². The lowest BCUT2D eigenvalue weighted by Crippen LogP contribution is -2.04. The number of allylic oxidation sites excluding steroid dienone is 2. The quantitative estimate of drug-likeness (QED) is 0.311. The number of hydrogen-bond acceptors (Lipinski definition) is 1. The van der Waals surface area contributed by atoms with E-state index in [1.165, 1.54) is 51.4 Å². The highest BCUT2D eigenvalue weighted by Crippen LogP contribution is 2.09. The lowest BCUT2D eigenvalue weighted by atomic mass is 10.1. The van der Waals surface area contributed by atoms with Gasteiger partial charge >= 0.3 is 0 Å². The zero-order valence-electron chi connectivity index (χ0n) is 12.9. The van der Waals surface area contributed by atoms with Crippen LogP contribution < -0.4 is 0 Å². The SMILES string of the molecule is C=CCCCCCCC=CC[C@H](O)CCCCCC. The minimum atomic E-state index is -0.124. The zero-order chi connectivity index (χ0) is 14.2. The van der Waals surface area contributed by atoms with Gasteiger partial charge in [-0.25, -0.2) is 0 Å². The summed E-state index contributed by atoms with van der Waals surface area (Å²) in [7, 11) is 0. The molecule has 0 spiro atoms. The second-order valence-corrected chi connectivity index (χ2v) is 5.49. The highest BCUT2D eigenvalue weighted by molar-refractivity contribution is 4.84. The van der Waals surface area contributed by atoms with Crippen LogP contribution in [0.1, 0.15) is 84.0 Å². The minimum absolute atomic E-state index is 0.124. The third-order valence-electron chi connectivity index (χ3n) is 3.49. The molecule has 0 amide bonds. The Morgan fingerprint density at radius 2 is 1.58 bits per heavy atom. The Morgan fingerprint density at radius 1 is 0.895 bits per heavy atom. The van der Waals surface area contributed by atoms with Crippen molar-refractivity contribution in [1.82, 2.24) is 0 Å². The predicted molar refractivity (Wildman–Crippen MR) is 86.4 cm³/mol. The van der Waals surface area contributed by atoms with Crippen molar-refractivity contribution in [2.75, 3.05) is 0 Å². The molecule has 0 unspecified atom stereocenters. The molecule has 1 heteroatoms. The summed E-state index contributed by atoms with van der Waals surface area (Å²) in [6.45, 7) is 5.95. The third kappa shape index (κ3) is 15.4. The van der Waals surface area contributed by atoms with Gasteiger partial charge in [0.25, 0.3) is 0 Å². The minimum Gasteiger partial charge on any atom is -0.393 e. The van der Waals surface area contributed by atoms with Gasteiger partial charge in [0.15, 0.2) is 0 Å². The van der Waals surface area contributed by atoms with Gasteiger partial charge in [0.2, 0.25) is 0 Å². The number of aliphatic hydroxyl groups is 1. The molecule has 0 aliphatic rings. The summed E-state index contributed by atoms with van der Waals surface area (Å²) in [5.41, 5.74) is 0. The average molecular weight is 266 g/mol. The van der Waals surface area contributed by atoms with Gasteiger partial charge in [0.05, 0.1) is 6.10 Å². The highest BCUT2D eigenvalue weighted by Gasteiger charge is 2.00. The van der Waals surface area contributed by atoms with Crippen LogP contribution in [-0.2, 0) is 0 Å². The lowest BCUT2D eigenvalue weighted by Gasteiger charge is -2.06. The van der Waals surface area contributed by atoms with Crippen molar-refractivity contribution >= 4 is 0 Å². The van der Waals surface area contributed by atoms with Crippen molar-refractivity contribution in [2.45, 2.75) is 90.1 Å². The Labute approximate surface area is 120 Å². The van der Waals surface area contributed by atoms with E-state index in [-0.39, 0.29) is 6.10 Å². The molecule has 1 atom stereocenters. The molecule has 112 valence electrons. The van der Waals surface area contributed by atoms with Crippen molar-refractivity contribution in [2.24, 2.45) is 0 Å². The van der Waals surface area contributed by atoms with E-state index in [2.05, 4.69) is 25.7 Å². The Morgan fingerprint density at radius 3 is 2.26 bits per heavy atom. The van der Waals surface area contributed by atoms with Crippen molar-refractivity contribution in [3.63, 3.8) is 0 Å². The first kappa shape index (κ1) is 18.4. The van der Waals surface area contributed by atoms with Crippen molar-refractivity contribution in [3.8, 4) is 0 Å². The number of unbranched alkanes of at least 4 members (excludes halogenated alkanes) is 8. The second-order valence-electron chi connectivity index (χ2n) is 5.49. The van der Waals surface area contributed by atoms with E-state index in [1.54, 1.807) is 0 Å². The van der Waals surface area contributed by atoms with Gasteiger partial charge in [-0.15, -0.1) is 6.58 Å². The van der Waals surface area contributed by atoms with E-state index in [0.29, 0.717) is 0 Å². The lowest BCUT2D eigenvalue weighted by molar-refractivity contribution is 0.163. The number of aliphatic hydroxyl groups excluding tert-OH is 1. The average Bonchev–Trinajstić information content (AvgIpc) is 2.42. The summed E-state index contributed by atoms with van der Waals surface area (Å²) in [6, 6.07) is 0. The fraction of sp³-hybridized carbons (Fsp3) is 0.778. The molecule has 0 aromatic rings. The molecule has 0 heterocycles. The summed E-state index contributed by atoms with van der Waals surface area (Å²) >= 11 is 0. The molecule has 0 fully saturated rings. The fourth-order valence-electron chi connectivity index (χ4n) is 2.20. The predicted octanol–water partition coefficient (Wildman–Crippen LogP) is 5.79. The summed E-state index contributed by atoms with van der Waals surface area (Å²) in [4.78, 5) is 0. The van der Waals surface area contributed by atoms with Gasteiger partial charge in [-0.2, -0.15) is 0 Å². The maximum absolute atomic E-state index is 9.79. The standard InChI is InChI=1S/C18H34O/c1-3-5-7-9-10-11-12-13-15-17-18(19)16-14-8-6-4-2/h3,13,15,18-19H,1,4-12,14,16-17H2,2H3/t18-/m1/s1. The first-order valence-electron chi connectivity index (χ1n) is 8.25. The topological polar surface area (TPSA) is 20.2 Å². The third-order valence-corrected chi connectivity index (χ3v) is 3.49. The zero-order valence-corrected chi connectivity index (χ0v) is 12.9. The summed E-state index contributed by atoms with van der Waals surface area (Å²) < 4.78 is 0. The molecule has 0 saturated heterocycles. The van der Waals surface area contributed by atoms with Crippen LogP contribution in [0.4, 0.5) is 0 Å². The normalized spacial score (nSPS) is 12.9. The van der Waals surface area contributed by atoms with Crippen LogP contribution in [0.5, 0.6) is 0 Å². The van der Waals surface area contributed by atoms with E-state index in [9.17, 15) is 5.11 Å². The van der Waals surface area contributed by atoms with Crippen molar-refractivity contribution in [1.29, 1.82) is 0 Å². The van der Waals surface area contributed by atoms with Crippen LogP contribution in [0.25, 0.3) is 0 Å². The van der Waals surface area contributed by atoms with E-state index in [4.69, 9.17) is 0 Å². The molecule has 0 rings (SSSR count). The number of rotatable bonds is 14. The fourth-order valence-corrected chi connectivity index (χ4v) is 2.20. The Balaban J connectivity index is 3.24. The van der Waals surface area contributed by atoms with Gasteiger partial charge in [0, 0.05) is 0 Å². The summed E-state index contributed by atoms with van der Waals surface area (Å²) in [5.74, 6) is 0. The van der Waals surface area contributed by atoms with Crippen molar-refractivity contribution in [3.05, 3.63) is 24.8 Å². The molecule has 0 radical (unpaired) electrons. The van der Waals surface area contributed by atoms with Crippen LogP contribution in [0.2, 0.25) is 0 Å². The van der Waals surface area contributed by atoms with Gasteiger partial charge in [-0.05, 0) is 38.5 Å². The summed E-state index contributed by atoms with van der Waals surface area (Å²) in [6.07, 6.45) is 20.6. The van der Waals surface area contributed by atoms with Crippen LogP contribution >= 0.6 is 0 Å². The smallest absolute Gasteiger partial charge is 0.0574 e. The monoisotopic (exact) mass is 266 g/mol. The van der Waals surface area contributed by atoms with Gasteiger partial charge in [-0.3, -0.25) is 0 Å². The molecular formula is C18H34O. The molecular weight excluding hydrogens is 232 g/mol. The molecule has 1 nitrogen and oxygen atoms in total. The number of hydrogen-bond donors (Lipinski definition) is 1. The van der Waals surface area contributed by atoms with Crippen LogP contribution in [0.3, 0.4) is 0 Å². The van der Waals surface area contributed by atoms with Crippen LogP contribution in [0.15, 0.2) is 24.8 Å². The molecule has 0 aromatic heterocycles. The Hall–Kier alpha value is -0.560. The first-order chi connectivity index (χ1) is 9.31. The van der Waals surface area contributed by atoms with Crippen LogP contribution in [0, 0.1) is 0 Å².